The SMILES string of the molecule is CCNCCCCS(=O)(=O)NCCC(C)SC. The maximum absolute atomic E-state index is 11.6. The average molecular weight is 282 g/mol. The van der Waals surface area contributed by atoms with Crippen molar-refractivity contribution in [1.82, 2.24) is 10.0 Å². The molecular weight excluding hydrogens is 256 g/mol. The second-order valence-electron chi connectivity index (χ2n) is 4.11. The van der Waals surface area contributed by atoms with Gasteiger partial charge in [-0.05, 0) is 38.6 Å². The molecule has 0 aromatic carbocycles. The number of hydrogen-bond acceptors (Lipinski definition) is 4. The van der Waals surface area contributed by atoms with Gasteiger partial charge >= 0.3 is 0 Å². The van der Waals surface area contributed by atoms with Gasteiger partial charge in [0, 0.05) is 11.8 Å². The highest BCUT2D eigenvalue weighted by molar-refractivity contribution is 7.99. The monoisotopic (exact) mass is 282 g/mol. The number of sulfonamides is 1. The topological polar surface area (TPSA) is 58.2 Å². The summed E-state index contributed by atoms with van der Waals surface area (Å²) in [7, 11) is -3.06. The molecule has 0 aliphatic heterocycles. The molecule has 0 saturated heterocycles. The molecule has 0 aliphatic rings. The predicted octanol–water partition coefficient (Wildman–Crippen LogP) is 1.44. The van der Waals surface area contributed by atoms with Gasteiger partial charge in [0.15, 0.2) is 0 Å². The molecule has 0 aromatic rings. The lowest BCUT2D eigenvalue weighted by Crippen LogP contribution is -2.29. The third-order valence-electron chi connectivity index (χ3n) is 2.54. The van der Waals surface area contributed by atoms with Crippen molar-refractivity contribution < 1.29 is 8.42 Å². The molecule has 2 N–H and O–H groups in total. The maximum Gasteiger partial charge on any atom is 0.211 e. The van der Waals surface area contributed by atoms with Gasteiger partial charge in [0.2, 0.25) is 10.0 Å². The lowest BCUT2D eigenvalue weighted by atomic mass is 10.3. The average Bonchev–Trinajstić information content (AvgIpc) is 2.28. The summed E-state index contributed by atoms with van der Waals surface area (Å²) in [4.78, 5) is 0. The molecule has 104 valence electrons. The van der Waals surface area contributed by atoms with E-state index in [0.717, 1.165) is 32.4 Å². The molecule has 1 unspecified atom stereocenters. The number of hydrogen-bond donors (Lipinski definition) is 2. The van der Waals surface area contributed by atoms with Crippen molar-refractivity contribution in [2.75, 3.05) is 31.6 Å². The Labute approximate surface area is 110 Å². The second kappa shape index (κ2) is 10.2. The molecule has 17 heavy (non-hydrogen) atoms. The molecule has 6 heteroatoms. The minimum atomic E-state index is -3.06. The lowest BCUT2D eigenvalue weighted by Gasteiger charge is -2.09. The van der Waals surface area contributed by atoms with Crippen molar-refractivity contribution in [3.8, 4) is 0 Å². The summed E-state index contributed by atoms with van der Waals surface area (Å²) in [6.07, 6.45) is 4.56. The predicted molar refractivity (Wildman–Crippen MR) is 77.2 cm³/mol. The molecule has 0 saturated carbocycles. The van der Waals surface area contributed by atoms with Crippen molar-refractivity contribution in [1.29, 1.82) is 0 Å². The summed E-state index contributed by atoms with van der Waals surface area (Å²) >= 11 is 1.76. The van der Waals surface area contributed by atoms with Crippen LogP contribution in [0.4, 0.5) is 0 Å². The fourth-order valence-electron chi connectivity index (χ4n) is 1.33. The van der Waals surface area contributed by atoms with E-state index in [4.69, 9.17) is 0 Å². The highest BCUT2D eigenvalue weighted by atomic mass is 32.2. The van der Waals surface area contributed by atoms with Gasteiger partial charge in [0.1, 0.15) is 0 Å². The third-order valence-corrected chi connectivity index (χ3v) is 5.05. The van der Waals surface area contributed by atoms with Gasteiger partial charge in [-0.1, -0.05) is 13.8 Å². The molecule has 0 bridgehead atoms. The van der Waals surface area contributed by atoms with Crippen LogP contribution in [0.25, 0.3) is 0 Å². The zero-order valence-electron chi connectivity index (χ0n) is 11.2. The van der Waals surface area contributed by atoms with E-state index in [-0.39, 0.29) is 5.75 Å². The van der Waals surface area contributed by atoms with Crippen LogP contribution < -0.4 is 10.0 Å². The Hall–Kier alpha value is 0.220. The Bertz CT molecular complexity index is 269. The van der Waals surface area contributed by atoms with Crippen molar-refractivity contribution in [3.05, 3.63) is 0 Å². The summed E-state index contributed by atoms with van der Waals surface area (Å²) in [6, 6.07) is 0. The van der Waals surface area contributed by atoms with E-state index in [1.807, 2.05) is 13.2 Å². The smallest absolute Gasteiger partial charge is 0.211 e. The summed E-state index contributed by atoms with van der Waals surface area (Å²) in [5, 5.41) is 3.69. The number of unbranched alkanes of at least 4 members (excludes halogenated alkanes) is 1. The van der Waals surface area contributed by atoms with Gasteiger partial charge in [-0.25, -0.2) is 13.1 Å². The van der Waals surface area contributed by atoms with Crippen molar-refractivity contribution in [2.24, 2.45) is 0 Å². The standard InChI is InChI=1S/C11H26N2O2S2/c1-4-12-8-5-6-10-17(14,15)13-9-7-11(2)16-3/h11-13H,4-10H2,1-3H3. The van der Waals surface area contributed by atoms with Gasteiger partial charge in [-0.15, -0.1) is 0 Å². The zero-order valence-corrected chi connectivity index (χ0v) is 12.8. The fraction of sp³-hybridized carbons (Fsp3) is 1.00. The quantitative estimate of drug-likeness (QED) is 0.563. The van der Waals surface area contributed by atoms with Crippen molar-refractivity contribution in [3.63, 3.8) is 0 Å². The highest BCUT2D eigenvalue weighted by Gasteiger charge is 2.09. The summed E-state index contributed by atoms with van der Waals surface area (Å²) in [5.41, 5.74) is 0. The van der Waals surface area contributed by atoms with Crippen molar-refractivity contribution >= 4 is 21.8 Å². The Kier molecular flexibility index (Phi) is 10.3. The van der Waals surface area contributed by atoms with E-state index in [9.17, 15) is 8.42 Å². The third kappa shape index (κ3) is 11.1. The Morgan fingerprint density at radius 2 is 1.94 bits per heavy atom. The van der Waals surface area contributed by atoms with Gasteiger partial charge < -0.3 is 5.32 Å². The molecule has 4 nitrogen and oxygen atoms in total. The second-order valence-corrected chi connectivity index (χ2v) is 7.31. The molecule has 0 radical (unpaired) electrons. The Morgan fingerprint density at radius 3 is 2.53 bits per heavy atom. The minimum absolute atomic E-state index is 0.242. The minimum Gasteiger partial charge on any atom is -0.317 e. The largest absolute Gasteiger partial charge is 0.317 e. The van der Waals surface area contributed by atoms with Crippen LogP contribution in [0.3, 0.4) is 0 Å². The molecule has 0 spiro atoms. The summed E-state index contributed by atoms with van der Waals surface area (Å²) in [6.45, 7) is 6.55. The van der Waals surface area contributed by atoms with Gasteiger partial charge in [-0.2, -0.15) is 11.8 Å². The first-order valence-corrected chi connectivity index (χ1v) is 9.16. The first-order valence-electron chi connectivity index (χ1n) is 6.22. The van der Waals surface area contributed by atoms with Crippen LogP contribution >= 0.6 is 11.8 Å². The normalized spacial score (nSPS) is 13.8. The molecule has 0 amide bonds. The van der Waals surface area contributed by atoms with Crippen LogP contribution in [-0.4, -0.2) is 45.3 Å². The number of thioether (sulfide) groups is 1. The molecular formula is C11H26N2O2S2. The Balaban J connectivity index is 3.59. The molecule has 0 rings (SSSR count). The van der Waals surface area contributed by atoms with Crippen LogP contribution in [0.5, 0.6) is 0 Å². The van der Waals surface area contributed by atoms with Gasteiger partial charge in [0.05, 0.1) is 5.75 Å². The number of nitrogens with one attached hydrogen (secondary N) is 2. The molecule has 1 atom stereocenters. The van der Waals surface area contributed by atoms with E-state index in [0.29, 0.717) is 11.8 Å². The maximum atomic E-state index is 11.6. The van der Waals surface area contributed by atoms with Gasteiger partial charge in [0.25, 0.3) is 0 Å². The van der Waals surface area contributed by atoms with Gasteiger partial charge in [-0.3, -0.25) is 0 Å². The molecule has 0 fully saturated rings. The molecule has 0 heterocycles. The first-order chi connectivity index (χ1) is 8.02. The lowest BCUT2D eigenvalue weighted by molar-refractivity contribution is 0.572. The summed E-state index contributed by atoms with van der Waals surface area (Å²) < 4.78 is 25.8. The van der Waals surface area contributed by atoms with Crippen LogP contribution in [-0.2, 0) is 10.0 Å². The van der Waals surface area contributed by atoms with E-state index in [1.54, 1.807) is 11.8 Å². The van der Waals surface area contributed by atoms with E-state index < -0.39 is 10.0 Å². The number of rotatable bonds is 11. The highest BCUT2D eigenvalue weighted by Crippen LogP contribution is 2.08. The van der Waals surface area contributed by atoms with Crippen LogP contribution in [0, 0.1) is 0 Å². The fourth-order valence-corrected chi connectivity index (χ4v) is 2.84. The van der Waals surface area contributed by atoms with Crippen molar-refractivity contribution in [2.45, 2.75) is 38.4 Å². The first kappa shape index (κ1) is 17.2. The zero-order chi connectivity index (χ0) is 13.1. The van der Waals surface area contributed by atoms with Crippen LogP contribution in [0.1, 0.15) is 33.1 Å². The van der Waals surface area contributed by atoms with Crippen LogP contribution in [0.2, 0.25) is 0 Å². The van der Waals surface area contributed by atoms with E-state index in [2.05, 4.69) is 17.0 Å². The Morgan fingerprint density at radius 1 is 1.24 bits per heavy atom. The van der Waals surface area contributed by atoms with E-state index in [1.165, 1.54) is 0 Å². The van der Waals surface area contributed by atoms with Crippen LogP contribution in [0.15, 0.2) is 0 Å². The molecule has 0 aliphatic carbocycles. The van der Waals surface area contributed by atoms with E-state index >= 15 is 0 Å². The summed E-state index contributed by atoms with van der Waals surface area (Å²) in [5.74, 6) is 0.242. The molecule has 0 aromatic heterocycles.